The topological polar surface area (TPSA) is 105 Å². The molecule has 42 heavy (non-hydrogen) atoms. The summed E-state index contributed by atoms with van der Waals surface area (Å²) in [5.41, 5.74) is 2.99. The molecule has 3 aliphatic rings. The van der Waals surface area contributed by atoms with Crippen LogP contribution in [-0.2, 0) is 32.5 Å². The Balaban J connectivity index is 1.13. The number of nitrogens with zero attached hydrogens (tertiary/aromatic N) is 2. The van der Waals surface area contributed by atoms with Crippen molar-refractivity contribution in [1.29, 1.82) is 0 Å². The molecule has 3 aliphatic heterocycles. The summed E-state index contributed by atoms with van der Waals surface area (Å²) >= 11 is 5.89. The van der Waals surface area contributed by atoms with Crippen LogP contribution in [0.3, 0.4) is 0 Å². The monoisotopic (exact) mass is 609 g/mol. The number of fused-ring (bicyclic) bond motifs is 3. The highest BCUT2D eigenvalue weighted by atomic mass is 35.5. The van der Waals surface area contributed by atoms with Crippen molar-refractivity contribution < 1.29 is 27.5 Å². The number of nitrogens with one attached hydrogen (secondary N) is 1. The summed E-state index contributed by atoms with van der Waals surface area (Å²) < 4.78 is 40.7. The zero-order valence-corrected chi connectivity index (χ0v) is 24.7. The van der Waals surface area contributed by atoms with Gasteiger partial charge in [0, 0.05) is 30.8 Å². The van der Waals surface area contributed by atoms with Gasteiger partial charge in [-0.15, -0.1) is 0 Å². The fourth-order valence-electron chi connectivity index (χ4n) is 5.95. The van der Waals surface area contributed by atoms with E-state index in [1.165, 1.54) is 41.5 Å². The van der Waals surface area contributed by atoms with E-state index < -0.39 is 16.1 Å². The van der Waals surface area contributed by atoms with Gasteiger partial charge < -0.3 is 19.3 Å². The maximum absolute atomic E-state index is 13.6. The van der Waals surface area contributed by atoms with Gasteiger partial charge >= 0.3 is 0 Å². The van der Waals surface area contributed by atoms with Crippen LogP contribution in [0.25, 0.3) is 0 Å². The van der Waals surface area contributed by atoms with Crippen molar-refractivity contribution in [3.05, 3.63) is 88.4 Å². The lowest BCUT2D eigenvalue weighted by Crippen LogP contribution is -2.54. The average Bonchev–Trinajstić information content (AvgIpc) is 2.99. The summed E-state index contributed by atoms with van der Waals surface area (Å²) in [6, 6.07) is 18.4. The van der Waals surface area contributed by atoms with Crippen LogP contribution >= 0.6 is 11.6 Å². The van der Waals surface area contributed by atoms with Crippen molar-refractivity contribution >= 4 is 39.1 Å². The van der Waals surface area contributed by atoms with E-state index >= 15 is 0 Å². The molecule has 220 valence electrons. The van der Waals surface area contributed by atoms with Crippen LogP contribution in [-0.4, -0.2) is 68.5 Å². The number of amides is 2. The Morgan fingerprint density at radius 1 is 1.05 bits per heavy atom. The van der Waals surface area contributed by atoms with Crippen LogP contribution in [0.1, 0.15) is 40.7 Å². The number of hydrogen-bond acceptors (Lipinski definition) is 6. The first-order valence-corrected chi connectivity index (χ1v) is 15.9. The Hall–Kier alpha value is -3.60. The molecule has 3 heterocycles. The van der Waals surface area contributed by atoms with Gasteiger partial charge in [-0.3, -0.25) is 14.3 Å². The van der Waals surface area contributed by atoms with Crippen LogP contribution in [0.5, 0.6) is 5.75 Å². The summed E-state index contributed by atoms with van der Waals surface area (Å²) in [7, 11) is -2.17. The first-order chi connectivity index (χ1) is 20.2. The summed E-state index contributed by atoms with van der Waals surface area (Å²) in [4.78, 5) is 30.3. The van der Waals surface area contributed by atoms with Crippen LogP contribution in [0.15, 0.2) is 71.6 Å². The van der Waals surface area contributed by atoms with E-state index in [2.05, 4.69) is 16.9 Å². The fraction of sp³-hybridized carbons (Fsp3) is 0.355. The Kier molecular flexibility index (Phi) is 7.87. The molecule has 1 saturated heterocycles. The lowest BCUT2D eigenvalue weighted by Gasteiger charge is -2.42. The van der Waals surface area contributed by atoms with Crippen molar-refractivity contribution in [2.24, 2.45) is 0 Å². The number of halogens is 1. The van der Waals surface area contributed by atoms with E-state index in [1.807, 2.05) is 17.0 Å². The molecule has 0 saturated carbocycles. The quantitative estimate of drug-likeness (QED) is 0.457. The molecule has 1 N–H and O–H groups in total. The third-order valence-corrected chi connectivity index (χ3v) is 9.92. The molecular weight excluding hydrogens is 578 g/mol. The van der Waals surface area contributed by atoms with Crippen molar-refractivity contribution in [1.82, 2.24) is 9.80 Å². The van der Waals surface area contributed by atoms with Crippen LogP contribution in [0.2, 0.25) is 5.02 Å². The maximum atomic E-state index is 13.6. The van der Waals surface area contributed by atoms with Crippen molar-refractivity contribution in [3.8, 4) is 5.75 Å². The second-order valence-corrected chi connectivity index (χ2v) is 13.1. The summed E-state index contributed by atoms with van der Waals surface area (Å²) in [5.74, 6) is 0.119. The number of carbonyl (C=O) groups is 2. The zero-order valence-electron chi connectivity index (χ0n) is 23.2. The molecule has 0 spiro atoms. The van der Waals surface area contributed by atoms with Gasteiger partial charge in [-0.05, 0) is 72.9 Å². The molecule has 1 fully saturated rings. The Morgan fingerprint density at radius 3 is 2.60 bits per heavy atom. The number of likely N-dealkylation sites (N-methyl/N-ethyl adjacent to an activating group) is 1. The van der Waals surface area contributed by atoms with Crippen LogP contribution in [0.4, 0.5) is 5.69 Å². The zero-order chi connectivity index (χ0) is 29.4. The molecule has 3 aromatic carbocycles. The van der Waals surface area contributed by atoms with Crippen molar-refractivity contribution in [2.45, 2.75) is 55.4 Å². The summed E-state index contributed by atoms with van der Waals surface area (Å²) in [6.45, 7) is 1.51. The second-order valence-electron chi connectivity index (χ2n) is 11.0. The van der Waals surface area contributed by atoms with Gasteiger partial charge in [0.1, 0.15) is 18.5 Å². The van der Waals surface area contributed by atoms with E-state index in [0.29, 0.717) is 36.7 Å². The molecule has 0 radical (unpaired) electrons. The number of anilines is 1. The number of carbonyl (C=O) groups excluding carboxylic acids is 2. The van der Waals surface area contributed by atoms with Gasteiger partial charge in [0.25, 0.3) is 15.9 Å². The van der Waals surface area contributed by atoms with Gasteiger partial charge in [-0.1, -0.05) is 35.9 Å². The van der Waals surface area contributed by atoms with Crippen molar-refractivity contribution in [2.75, 3.05) is 24.9 Å². The largest absolute Gasteiger partial charge is 0.490 e. The number of hydrogen-bond donors (Lipinski definition) is 1. The van der Waals surface area contributed by atoms with Crippen LogP contribution < -0.4 is 9.46 Å². The maximum Gasteiger partial charge on any atom is 0.261 e. The molecule has 3 atom stereocenters. The first kappa shape index (κ1) is 28.5. The van der Waals surface area contributed by atoms with E-state index in [9.17, 15) is 18.0 Å². The minimum atomic E-state index is -3.89. The molecule has 11 heteroatoms. The normalized spacial score (nSPS) is 22.1. The van der Waals surface area contributed by atoms with E-state index in [1.54, 1.807) is 24.1 Å². The number of benzene rings is 3. The highest BCUT2D eigenvalue weighted by molar-refractivity contribution is 7.92. The highest BCUT2D eigenvalue weighted by Gasteiger charge is 2.39. The number of rotatable bonds is 5. The predicted octanol–water partition coefficient (Wildman–Crippen LogP) is 4.50. The highest BCUT2D eigenvalue weighted by Crippen LogP contribution is 2.33. The fourth-order valence-corrected chi connectivity index (χ4v) is 7.13. The molecule has 0 aromatic heterocycles. The Morgan fingerprint density at radius 2 is 1.81 bits per heavy atom. The predicted molar refractivity (Wildman–Crippen MR) is 158 cm³/mol. The third kappa shape index (κ3) is 5.84. The van der Waals surface area contributed by atoms with Gasteiger partial charge in [0.2, 0.25) is 5.91 Å². The Bertz CT molecular complexity index is 1610. The van der Waals surface area contributed by atoms with Crippen molar-refractivity contribution in [3.63, 3.8) is 0 Å². The molecule has 0 bridgehead atoms. The average molecular weight is 610 g/mol. The second kappa shape index (κ2) is 11.6. The van der Waals surface area contributed by atoms with E-state index in [0.717, 1.165) is 6.42 Å². The Labute approximate surface area is 250 Å². The minimum absolute atomic E-state index is 0.0543. The van der Waals surface area contributed by atoms with Gasteiger partial charge in [-0.2, -0.15) is 0 Å². The molecule has 2 amide bonds. The summed E-state index contributed by atoms with van der Waals surface area (Å²) in [6.07, 6.45) is 1.78. The SMILES string of the molecule is CN1C(=O)c2cc(NS(=O)(=O)c3ccc(Cl)cc3)ccc2OC[C@H]2O[C@@H](CC(=O)N3CCc4ccccc4C3)CC[C@@H]21. The first-order valence-electron chi connectivity index (χ1n) is 14.0. The summed E-state index contributed by atoms with van der Waals surface area (Å²) in [5, 5.41) is 0.428. The lowest BCUT2D eigenvalue weighted by atomic mass is 9.94. The number of sulfonamides is 1. The standard InChI is InChI=1S/C31H32ClN3O6S/c1-34-27-12-9-24(17-30(36)35-15-14-20-4-2-3-5-21(20)18-35)41-29(27)19-40-28-13-8-23(16-26(28)31(34)37)33-42(38,39)25-10-6-22(32)7-11-25/h2-8,10-11,13,16,24,27,29,33H,9,12,14-15,17-19H2,1H3/t24-,27+,29-/m1/s1. The molecule has 6 rings (SSSR count). The van der Waals surface area contributed by atoms with E-state index in [-0.39, 0.29) is 53.1 Å². The molecule has 0 aliphatic carbocycles. The van der Waals surface area contributed by atoms with Gasteiger partial charge in [0.15, 0.2) is 0 Å². The molecule has 0 unspecified atom stereocenters. The number of ether oxygens (including phenoxy) is 2. The molecular formula is C31H32ClN3O6S. The van der Waals surface area contributed by atoms with Gasteiger partial charge in [0.05, 0.1) is 29.0 Å². The van der Waals surface area contributed by atoms with Crippen LogP contribution in [0, 0.1) is 0 Å². The minimum Gasteiger partial charge on any atom is -0.490 e. The smallest absolute Gasteiger partial charge is 0.261 e. The lowest BCUT2D eigenvalue weighted by molar-refractivity contribution is -0.143. The van der Waals surface area contributed by atoms with E-state index in [4.69, 9.17) is 21.1 Å². The van der Waals surface area contributed by atoms with Gasteiger partial charge in [-0.25, -0.2) is 8.42 Å². The molecule has 9 nitrogen and oxygen atoms in total. The molecule has 3 aromatic rings. The third-order valence-electron chi connectivity index (χ3n) is 8.27.